The van der Waals surface area contributed by atoms with Crippen molar-refractivity contribution in [3.05, 3.63) is 22.3 Å². The van der Waals surface area contributed by atoms with E-state index in [2.05, 4.69) is 27.7 Å². The number of hydrogen-bond donors (Lipinski definition) is 2. The van der Waals surface area contributed by atoms with Crippen LogP contribution in [-0.4, -0.2) is 0 Å². The van der Waals surface area contributed by atoms with Crippen molar-refractivity contribution in [2.45, 2.75) is 40.5 Å². The fraction of sp³-hybridized carbons (Fsp3) is 0.500. The second-order valence-electron chi connectivity index (χ2n) is 4.27. The summed E-state index contributed by atoms with van der Waals surface area (Å²) in [6, 6.07) is 0. The van der Waals surface area contributed by atoms with Crippen LogP contribution in [-0.2, 0) is 0 Å². The van der Waals surface area contributed by atoms with E-state index in [4.69, 9.17) is 11.5 Å². The van der Waals surface area contributed by atoms with Gasteiger partial charge in [-0.05, 0) is 48.9 Å². The summed E-state index contributed by atoms with van der Waals surface area (Å²) in [6.07, 6.45) is 0. The third kappa shape index (κ3) is 1.45. The summed E-state index contributed by atoms with van der Waals surface area (Å²) in [5, 5.41) is 0. The largest absolute Gasteiger partial charge is 0.398 e. The second-order valence-corrected chi connectivity index (χ2v) is 4.27. The minimum absolute atomic E-state index is 0.452. The molecule has 0 aliphatic heterocycles. The molecule has 0 radical (unpaired) electrons. The van der Waals surface area contributed by atoms with Crippen molar-refractivity contribution in [3.63, 3.8) is 0 Å². The highest BCUT2D eigenvalue weighted by molar-refractivity contribution is 5.71. The maximum Gasteiger partial charge on any atom is 0.0402 e. The number of anilines is 2. The molecular formula is C12H20N2. The Hall–Kier alpha value is -1.18. The molecule has 0 saturated heterocycles. The molecule has 1 aromatic carbocycles. The van der Waals surface area contributed by atoms with Crippen LogP contribution in [0.25, 0.3) is 0 Å². The quantitative estimate of drug-likeness (QED) is 0.672. The van der Waals surface area contributed by atoms with Gasteiger partial charge in [-0.25, -0.2) is 0 Å². The maximum atomic E-state index is 6.07. The van der Waals surface area contributed by atoms with E-state index < -0.39 is 0 Å². The Labute approximate surface area is 86.3 Å². The van der Waals surface area contributed by atoms with E-state index in [0.717, 1.165) is 16.9 Å². The van der Waals surface area contributed by atoms with Gasteiger partial charge in [0.05, 0.1) is 0 Å². The minimum atomic E-state index is 0.452. The van der Waals surface area contributed by atoms with Crippen molar-refractivity contribution >= 4 is 11.4 Å². The number of hydrogen-bond acceptors (Lipinski definition) is 2. The first kappa shape index (κ1) is 10.9. The van der Waals surface area contributed by atoms with Crippen LogP contribution < -0.4 is 11.5 Å². The Morgan fingerprint density at radius 3 is 1.71 bits per heavy atom. The molecule has 0 unspecified atom stereocenters. The van der Waals surface area contributed by atoms with Gasteiger partial charge in [-0.2, -0.15) is 0 Å². The smallest absolute Gasteiger partial charge is 0.0402 e. The zero-order valence-electron chi connectivity index (χ0n) is 9.73. The van der Waals surface area contributed by atoms with Crippen molar-refractivity contribution in [2.24, 2.45) is 0 Å². The molecule has 0 heterocycles. The first-order valence-electron chi connectivity index (χ1n) is 5.02. The molecule has 0 atom stereocenters. The van der Waals surface area contributed by atoms with Crippen LogP contribution in [0.2, 0.25) is 0 Å². The summed E-state index contributed by atoms with van der Waals surface area (Å²) in [4.78, 5) is 0. The minimum Gasteiger partial charge on any atom is -0.398 e. The van der Waals surface area contributed by atoms with Gasteiger partial charge >= 0.3 is 0 Å². The van der Waals surface area contributed by atoms with Gasteiger partial charge < -0.3 is 11.5 Å². The van der Waals surface area contributed by atoms with E-state index in [9.17, 15) is 0 Å². The van der Waals surface area contributed by atoms with Crippen LogP contribution in [0, 0.1) is 20.8 Å². The zero-order chi connectivity index (χ0) is 11.0. The highest BCUT2D eigenvalue weighted by atomic mass is 14.6. The SMILES string of the molecule is Cc1c(C)c(C(C)C)c(N)c(C)c1N. The summed E-state index contributed by atoms with van der Waals surface area (Å²) < 4.78 is 0. The first-order chi connectivity index (χ1) is 6.37. The summed E-state index contributed by atoms with van der Waals surface area (Å²) in [5.41, 5.74) is 18.4. The molecule has 4 N–H and O–H groups in total. The second kappa shape index (κ2) is 3.52. The van der Waals surface area contributed by atoms with Gasteiger partial charge in [0.25, 0.3) is 0 Å². The molecule has 1 aromatic rings. The highest BCUT2D eigenvalue weighted by Gasteiger charge is 2.15. The molecule has 0 saturated carbocycles. The van der Waals surface area contributed by atoms with Crippen molar-refractivity contribution < 1.29 is 0 Å². The predicted molar refractivity (Wildman–Crippen MR) is 63.6 cm³/mol. The van der Waals surface area contributed by atoms with E-state index in [1.165, 1.54) is 16.7 Å². The lowest BCUT2D eigenvalue weighted by Crippen LogP contribution is -2.07. The van der Waals surface area contributed by atoms with Crippen molar-refractivity contribution in [1.82, 2.24) is 0 Å². The van der Waals surface area contributed by atoms with Gasteiger partial charge in [-0.15, -0.1) is 0 Å². The predicted octanol–water partition coefficient (Wildman–Crippen LogP) is 2.90. The van der Waals surface area contributed by atoms with Gasteiger partial charge in [-0.3, -0.25) is 0 Å². The van der Waals surface area contributed by atoms with Gasteiger partial charge in [0.2, 0.25) is 0 Å². The van der Waals surface area contributed by atoms with Crippen LogP contribution in [0.15, 0.2) is 0 Å². The number of benzene rings is 1. The van der Waals surface area contributed by atoms with Gasteiger partial charge in [-0.1, -0.05) is 13.8 Å². The molecular weight excluding hydrogens is 172 g/mol. The Bertz CT molecular complexity index is 336. The Morgan fingerprint density at radius 2 is 1.29 bits per heavy atom. The standard InChI is InChI=1S/C12H20N2/c1-6(2)10-7(3)8(4)11(13)9(5)12(10)14/h6H,13-14H2,1-5H3. The molecule has 2 nitrogen and oxygen atoms in total. The highest BCUT2D eigenvalue weighted by Crippen LogP contribution is 2.34. The average Bonchev–Trinajstić information content (AvgIpc) is 2.11. The third-order valence-corrected chi connectivity index (χ3v) is 3.05. The molecule has 2 heteroatoms. The maximum absolute atomic E-state index is 6.07. The molecule has 0 bridgehead atoms. The Balaban J connectivity index is 3.60. The molecule has 78 valence electrons. The van der Waals surface area contributed by atoms with Crippen LogP contribution in [0.5, 0.6) is 0 Å². The number of nitrogens with two attached hydrogens (primary N) is 2. The zero-order valence-corrected chi connectivity index (χ0v) is 9.73. The molecule has 0 aliphatic carbocycles. The summed E-state index contributed by atoms with van der Waals surface area (Å²) in [6.45, 7) is 10.5. The Kier molecular flexibility index (Phi) is 2.74. The molecule has 1 rings (SSSR count). The van der Waals surface area contributed by atoms with Crippen LogP contribution >= 0.6 is 0 Å². The lowest BCUT2D eigenvalue weighted by molar-refractivity contribution is 0.856. The molecule has 0 aromatic heterocycles. The van der Waals surface area contributed by atoms with Crippen LogP contribution in [0.4, 0.5) is 11.4 Å². The fourth-order valence-electron chi connectivity index (χ4n) is 1.98. The van der Waals surface area contributed by atoms with Gasteiger partial charge in [0.15, 0.2) is 0 Å². The lowest BCUT2D eigenvalue weighted by atomic mass is 9.89. The third-order valence-electron chi connectivity index (χ3n) is 3.05. The van der Waals surface area contributed by atoms with E-state index in [0.29, 0.717) is 5.92 Å². The molecule has 14 heavy (non-hydrogen) atoms. The van der Waals surface area contributed by atoms with Gasteiger partial charge in [0, 0.05) is 11.4 Å². The van der Waals surface area contributed by atoms with E-state index >= 15 is 0 Å². The normalized spacial score (nSPS) is 11.0. The summed E-state index contributed by atoms with van der Waals surface area (Å²) >= 11 is 0. The average molecular weight is 192 g/mol. The Morgan fingerprint density at radius 1 is 0.786 bits per heavy atom. The van der Waals surface area contributed by atoms with Crippen molar-refractivity contribution in [2.75, 3.05) is 11.5 Å². The van der Waals surface area contributed by atoms with E-state index in [1.54, 1.807) is 0 Å². The lowest BCUT2D eigenvalue weighted by Gasteiger charge is -2.20. The van der Waals surface area contributed by atoms with E-state index in [1.807, 2.05) is 6.92 Å². The van der Waals surface area contributed by atoms with Crippen LogP contribution in [0.1, 0.15) is 42.0 Å². The van der Waals surface area contributed by atoms with Crippen molar-refractivity contribution in [1.29, 1.82) is 0 Å². The molecule has 0 amide bonds. The number of nitrogen functional groups attached to an aromatic ring is 2. The molecule has 0 fully saturated rings. The van der Waals surface area contributed by atoms with Crippen molar-refractivity contribution in [3.8, 4) is 0 Å². The van der Waals surface area contributed by atoms with E-state index in [-0.39, 0.29) is 0 Å². The monoisotopic (exact) mass is 192 g/mol. The summed E-state index contributed by atoms with van der Waals surface area (Å²) in [5.74, 6) is 0.452. The molecule has 0 spiro atoms. The topological polar surface area (TPSA) is 52.0 Å². The summed E-state index contributed by atoms with van der Waals surface area (Å²) in [7, 11) is 0. The molecule has 0 aliphatic rings. The van der Waals surface area contributed by atoms with Gasteiger partial charge in [0.1, 0.15) is 0 Å². The van der Waals surface area contributed by atoms with Crippen LogP contribution in [0.3, 0.4) is 0 Å². The first-order valence-corrected chi connectivity index (χ1v) is 5.02. The fourth-order valence-corrected chi connectivity index (χ4v) is 1.98. The number of rotatable bonds is 1.